The van der Waals surface area contributed by atoms with Gasteiger partial charge in [0.15, 0.2) is 17.3 Å². The van der Waals surface area contributed by atoms with Crippen molar-refractivity contribution in [3.8, 4) is 5.75 Å². The van der Waals surface area contributed by atoms with Gasteiger partial charge < -0.3 is 16.2 Å². The topological polar surface area (TPSA) is 88.2 Å². The van der Waals surface area contributed by atoms with E-state index in [1.165, 1.54) is 12.3 Å². The lowest BCUT2D eigenvalue weighted by Crippen LogP contribution is -2.15. The molecule has 0 aliphatic rings. The molecular formula is C12H10FN3O2. The third-order valence-electron chi connectivity index (χ3n) is 2.26. The Labute approximate surface area is 102 Å². The van der Waals surface area contributed by atoms with Crippen molar-refractivity contribution in [3.63, 3.8) is 0 Å². The summed E-state index contributed by atoms with van der Waals surface area (Å²) < 4.78 is 13.1. The number of rotatable bonds is 2. The predicted molar refractivity (Wildman–Crippen MR) is 64.7 cm³/mol. The summed E-state index contributed by atoms with van der Waals surface area (Å²) in [6.07, 6.45) is 1.43. The van der Waals surface area contributed by atoms with Gasteiger partial charge >= 0.3 is 0 Å². The first-order chi connectivity index (χ1) is 8.58. The zero-order valence-electron chi connectivity index (χ0n) is 9.22. The van der Waals surface area contributed by atoms with Crippen LogP contribution in [0.1, 0.15) is 10.5 Å². The van der Waals surface area contributed by atoms with E-state index < -0.39 is 17.5 Å². The van der Waals surface area contributed by atoms with Gasteiger partial charge in [0.25, 0.3) is 5.91 Å². The van der Waals surface area contributed by atoms with Gasteiger partial charge in [-0.3, -0.25) is 4.79 Å². The molecule has 0 bridgehead atoms. The van der Waals surface area contributed by atoms with Crippen molar-refractivity contribution in [2.75, 3.05) is 11.1 Å². The van der Waals surface area contributed by atoms with E-state index in [9.17, 15) is 9.18 Å². The zero-order chi connectivity index (χ0) is 13.1. The molecule has 0 unspecified atom stereocenters. The molecule has 0 saturated carbocycles. The second-order valence-electron chi connectivity index (χ2n) is 3.56. The maximum Gasteiger partial charge on any atom is 0.276 e. The average molecular weight is 247 g/mol. The number of amides is 1. The number of nitrogens with zero attached hydrogens (tertiary/aromatic N) is 1. The zero-order valence-corrected chi connectivity index (χ0v) is 9.22. The number of benzene rings is 1. The highest BCUT2D eigenvalue weighted by molar-refractivity contribution is 6.06. The molecule has 0 atom stereocenters. The quantitative estimate of drug-likeness (QED) is 0.705. The lowest BCUT2D eigenvalue weighted by atomic mass is 10.2. The Hall–Kier alpha value is -2.63. The van der Waals surface area contributed by atoms with E-state index in [-0.39, 0.29) is 17.1 Å². The lowest BCUT2D eigenvalue weighted by Gasteiger charge is -2.06. The molecule has 5 nitrogen and oxygen atoms in total. The van der Waals surface area contributed by atoms with Crippen LogP contribution in [0.15, 0.2) is 36.5 Å². The van der Waals surface area contributed by atoms with Crippen molar-refractivity contribution in [1.82, 2.24) is 4.98 Å². The van der Waals surface area contributed by atoms with Gasteiger partial charge in [0.2, 0.25) is 0 Å². The number of aromatic nitrogens is 1. The van der Waals surface area contributed by atoms with Crippen LogP contribution in [0.25, 0.3) is 0 Å². The molecule has 1 aromatic carbocycles. The SMILES string of the molecule is Nc1cccnc1C(=O)Nc1ccc(O)c(F)c1. The molecule has 1 amide bonds. The first-order valence-electron chi connectivity index (χ1n) is 5.08. The summed E-state index contributed by atoms with van der Waals surface area (Å²) in [5, 5.41) is 11.5. The summed E-state index contributed by atoms with van der Waals surface area (Å²) in [7, 11) is 0. The Bertz CT molecular complexity index is 602. The number of carbonyl (C=O) groups is 1. The molecule has 1 aromatic heterocycles. The summed E-state index contributed by atoms with van der Waals surface area (Å²) in [5.41, 5.74) is 6.09. The standard InChI is InChI=1S/C12H10FN3O2/c13-8-6-7(3-4-10(8)17)16-12(18)11-9(14)2-1-5-15-11/h1-6,17H,14H2,(H,16,18). The fourth-order valence-electron chi connectivity index (χ4n) is 1.38. The number of aromatic hydroxyl groups is 1. The average Bonchev–Trinajstić information content (AvgIpc) is 2.34. The van der Waals surface area contributed by atoms with E-state index >= 15 is 0 Å². The van der Waals surface area contributed by atoms with Gasteiger partial charge in [-0.2, -0.15) is 0 Å². The molecule has 0 saturated heterocycles. The Morgan fingerprint density at radius 3 is 2.83 bits per heavy atom. The third-order valence-corrected chi connectivity index (χ3v) is 2.26. The molecule has 0 aliphatic carbocycles. The first-order valence-corrected chi connectivity index (χ1v) is 5.08. The Morgan fingerprint density at radius 1 is 1.39 bits per heavy atom. The number of anilines is 2. The number of nitrogen functional groups attached to an aromatic ring is 1. The van der Waals surface area contributed by atoms with Gasteiger partial charge in [0.1, 0.15) is 0 Å². The van der Waals surface area contributed by atoms with Crippen LogP contribution in [-0.4, -0.2) is 16.0 Å². The van der Waals surface area contributed by atoms with Crippen molar-refractivity contribution in [1.29, 1.82) is 0 Å². The van der Waals surface area contributed by atoms with Crippen LogP contribution in [0.3, 0.4) is 0 Å². The molecule has 0 fully saturated rings. The van der Waals surface area contributed by atoms with E-state index in [4.69, 9.17) is 10.8 Å². The minimum absolute atomic E-state index is 0.0611. The summed E-state index contributed by atoms with van der Waals surface area (Å²) in [4.78, 5) is 15.6. The van der Waals surface area contributed by atoms with Gasteiger partial charge in [0, 0.05) is 18.0 Å². The van der Waals surface area contributed by atoms with Crippen LogP contribution >= 0.6 is 0 Å². The van der Waals surface area contributed by atoms with Crippen LogP contribution in [0.4, 0.5) is 15.8 Å². The van der Waals surface area contributed by atoms with Gasteiger partial charge in [0.05, 0.1) is 5.69 Å². The number of phenolic OH excluding ortho intramolecular Hbond substituents is 1. The number of nitrogens with one attached hydrogen (secondary N) is 1. The molecular weight excluding hydrogens is 237 g/mol. The lowest BCUT2D eigenvalue weighted by molar-refractivity contribution is 0.102. The van der Waals surface area contributed by atoms with Gasteiger partial charge in [-0.1, -0.05) is 0 Å². The Balaban J connectivity index is 2.22. The van der Waals surface area contributed by atoms with Gasteiger partial charge in [-0.25, -0.2) is 9.37 Å². The number of nitrogens with two attached hydrogens (primary N) is 1. The summed E-state index contributed by atoms with van der Waals surface area (Å²) in [6, 6.07) is 6.67. The fourth-order valence-corrected chi connectivity index (χ4v) is 1.38. The van der Waals surface area contributed by atoms with E-state index in [0.717, 1.165) is 12.1 Å². The molecule has 2 rings (SSSR count). The number of carbonyl (C=O) groups excluding carboxylic acids is 1. The van der Waals surface area contributed by atoms with E-state index in [2.05, 4.69) is 10.3 Å². The smallest absolute Gasteiger partial charge is 0.276 e. The first kappa shape index (κ1) is 11.8. The minimum atomic E-state index is -0.818. The van der Waals surface area contributed by atoms with Crippen LogP contribution in [0, 0.1) is 5.82 Å². The molecule has 18 heavy (non-hydrogen) atoms. The molecule has 1 heterocycles. The highest BCUT2D eigenvalue weighted by Gasteiger charge is 2.11. The molecule has 6 heteroatoms. The number of hydrogen-bond acceptors (Lipinski definition) is 4. The summed E-state index contributed by atoms with van der Waals surface area (Å²) in [6.45, 7) is 0. The van der Waals surface area contributed by atoms with Crippen LogP contribution in [0.5, 0.6) is 5.75 Å². The van der Waals surface area contributed by atoms with Crippen molar-refractivity contribution in [3.05, 3.63) is 48.0 Å². The molecule has 0 aliphatic heterocycles. The van der Waals surface area contributed by atoms with E-state index in [0.29, 0.717) is 0 Å². The Morgan fingerprint density at radius 2 is 2.17 bits per heavy atom. The highest BCUT2D eigenvalue weighted by Crippen LogP contribution is 2.20. The van der Waals surface area contributed by atoms with E-state index in [1.54, 1.807) is 12.1 Å². The second-order valence-corrected chi connectivity index (χ2v) is 3.56. The maximum atomic E-state index is 13.1. The normalized spacial score (nSPS) is 10.1. The Kier molecular flexibility index (Phi) is 3.09. The third kappa shape index (κ3) is 2.37. The summed E-state index contributed by atoms with van der Waals surface area (Å²) >= 11 is 0. The number of hydrogen-bond donors (Lipinski definition) is 3. The molecule has 0 radical (unpaired) electrons. The monoisotopic (exact) mass is 247 g/mol. The predicted octanol–water partition coefficient (Wildman–Crippen LogP) is 1.76. The fraction of sp³-hybridized carbons (Fsp3) is 0. The van der Waals surface area contributed by atoms with Crippen molar-refractivity contribution < 1.29 is 14.3 Å². The molecule has 92 valence electrons. The van der Waals surface area contributed by atoms with Crippen LogP contribution in [-0.2, 0) is 0 Å². The van der Waals surface area contributed by atoms with Gasteiger partial charge in [-0.05, 0) is 24.3 Å². The number of halogens is 1. The summed E-state index contributed by atoms with van der Waals surface area (Å²) in [5.74, 6) is -1.84. The molecule has 2 aromatic rings. The van der Waals surface area contributed by atoms with E-state index in [1.807, 2.05) is 0 Å². The van der Waals surface area contributed by atoms with Crippen molar-refractivity contribution >= 4 is 17.3 Å². The minimum Gasteiger partial charge on any atom is -0.505 e. The van der Waals surface area contributed by atoms with Crippen molar-refractivity contribution in [2.45, 2.75) is 0 Å². The molecule has 4 N–H and O–H groups in total. The number of pyridine rings is 1. The maximum absolute atomic E-state index is 13.1. The second kappa shape index (κ2) is 4.70. The number of phenols is 1. The van der Waals surface area contributed by atoms with Crippen molar-refractivity contribution in [2.24, 2.45) is 0 Å². The van der Waals surface area contributed by atoms with Crippen LogP contribution in [0.2, 0.25) is 0 Å². The highest BCUT2D eigenvalue weighted by atomic mass is 19.1. The van der Waals surface area contributed by atoms with Gasteiger partial charge in [-0.15, -0.1) is 0 Å². The van der Waals surface area contributed by atoms with Crippen LogP contribution < -0.4 is 11.1 Å². The molecule has 0 spiro atoms. The largest absolute Gasteiger partial charge is 0.505 e.